The Morgan fingerprint density at radius 3 is 2.52 bits per heavy atom. The van der Waals surface area contributed by atoms with E-state index in [4.69, 9.17) is 0 Å². The van der Waals surface area contributed by atoms with E-state index in [1.807, 2.05) is 0 Å². The van der Waals surface area contributed by atoms with Gasteiger partial charge in [0.2, 0.25) is 5.91 Å². The summed E-state index contributed by atoms with van der Waals surface area (Å²) in [5.74, 6) is -0.0767. The molecule has 0 radical (unpaired) electrons. The lowest BCUT2D eigenvalue weighted by molar-refractivity contribution is -0.122. The Balaban J connectivity index is 1.42. The molecule has 7 heteroatoms. The zero-order chi connectivity index (χ0) is 17.4. The Hall–Kier alpha value is -2.41. The van der Waals surface area contributed by atoms with Gasteiger partial charge in [-0.25, -0.2) is 4.68 Å². The van der Waals surface area contributed by atoms with Crippen LogP contribution in [0.2, 0.25) is 0 Å². The summed E-state index contributed by atoms with van der Waals surface area (Å²) < 4.78 is 1.23. The number of carbonyl (C=O) groups excluding carboxylic acids is 1. The highest BCUT2D eigenvalue weighted by molar-refractivity contribution is 5.80. The molecule has 3 N–H and O–H groups in total. The van der Waals surface area contributed by atoms with Crippen molar-refractivity contribution in [3.8, 4) is 0 Å². The van der Waals surface area contributed by atoms with Crippen molar-refractivity contribution in [1.82, 2.24) is 20.4 Å². The average molecular weight is 342 g/mol. The van der Waals surface area contributed by atoms with Gasteiger partial charge < -0.3 is 10.6 Å². The number of hydrogen-bond donors (Lipinski definition) is 3. The van der Waals surface area contributed by atoms with E-state index in [0.29, 0.717) is 22.9 Å². The Morgan fingerprint density at radius 1 is 1.12 bits per heavy atom. The minimum atomic E-state index is -0.314. The van der Waals surface area contributed by atoms with E-state index < -0.39 is 0 Å². The van der Waals surface area contributed by atoms with E-state index in [0.717, 1.165) is 12.8 Å². The van der Waals surface area contributed by atoms with Gasteiger partial charge in [-0.3, -0.25) is 19.5 Å². The zero-order valence-electron chi connectivity index (χ0n) is 14.0. The molecule has 2 saturated heterocycles. The number of aromatic nitrogens is 2. The van der Waals surface area contributed by atoms with Crippen molar-refractivity contribution in [2.45, 2.75) is 56.8 Å². The lowest BCUT2D eigenvalue weighted by Gasteiger charge is -2.29. The van der Waals surface area contributed by atoms with Crippen LogP contribution in [-0.2, 0) is 11.3 Å². The van der Waals surface area contributed by atoms with Crippen LogP contribution in [0, 0.1) is 0 Å². The number of fused-ring (bicyclic) bond motifs is 3. The number of benzene rings is 1. The first-order chi connectivity index (χ1) is 12.1. The smallest absolute Gasteiger partial charge is 0.273 e. The number of hydrogen-bond acceptors (Lipinski definition) is 4. The van der Waals surface area contributed by atoms with E-state index in [-0.39, 0.29) is 36.0 Å². The average Bonchev–Trinajstić information content (AvgIpc) is 2.95. The topological polar surface area (TPSA) is 96.0 Å². The Morgan fingerprint density at radius 2 is 1.80 bits per heavy atom. The largest absolute Gasteiger partial charge is 0.353 e. The van der Waals surface area contributed by atoms with Gasteiger partial charge in [0.15, 0.2) is 0 Å². The van der Waals surface area contributed by atoms with Gasteiger partial charge in [0.25, 0.3) is 11.1 Å². The SMILES string of the molecule is O=C(CCn1[nH]c(=O)c2ccccc2c1=O)NC1CC2CCC(C1)N2. The summed E-state index contributed by atoms with van der Waals surface area (Å²) >= 11 is 0. The van der Waals surface area contributed by atoms with Gasteiger partial charge in [-0.2, -0.15) is 0 Å². The van der Waals surface area contributed by atoms with Gasteiger partial charge in [-0.05, 0) is 37.8 Å². The third kappa shape index (κ3) is 3.24. The summed E-state index contributed by atoms with van der Waals surface area (Å²) in [5, 5.41) is 9.93. The summed E-state index contributed by atoms with van der Waals surface area (Å²) in [6.45, 7) is 0.169. The van der Waals surface area contributed by atoms with Gasteiger partial charge >= 0.3 is 0 Å². The molecule has 2 fully saturated rings. The van der Waals surface area contributed by atoms with Crippen LogP contribution in [0.15, 0.2) is 33.9 Å². The van der Waals surface area contributed by atoms with Crippen molar-refractivity contribution in [1.29, 1.82) is 0 Å². The van der Waals surface area contributed by atoms with Gasteiger partial charge in [-0.15, -0.1) is 0 Å². The summed E-state index contributed by atoms with van der Waals surface area (Å²) in [6, 6.07) is 7.95. The lowest BCUT2D eigenvalue weighted by atomic mass is 10.00. The summed E-state index contributed by atoms with van der Waals surface area (Å²) in [7, 11) is 0. The van der Waals surface area contributed by atoms with E-state index in [1.165, 1.54) is 17.5 Å². The van der Waals surface area contributed by atoms with Crippen molar-refractivity contribution in [3.63, 3.8) is 0 Å². The maximum Gasteiger partial charge on any atom is 0.273 e. The van der Waals surface area contributed by atoms with Crippen molar-refractivity contribution in [2.24, 2.45) is 0 Å². The first-order valence-corrected chi connectivity index (χ1v) is 8.87. The van der Waals surface area contributed by atoms with Crippen molar-refractivity contribution < 1.29 is 4.79 Å². The quantitative estimate of drug-likeness (QED) is 0.753. The highest BCUT2D eigenvalue weighted by Crippen LogP contribution is 2.26. The molecule has 2 aliphatic rings. The van der Waals surface area contributed by atoms with Crippen LogP contribution in [0.4, 0.5) is 0 Å². The monoisotopic (exact) mass is 342 g/mol. The number of H-pyrrole nitrogens is 1. The molecule has 2 unspecified atom stereocenters. The number of carbonyl (C=O) groups is 1. The van der Waals surface area contributed by atoms with Crippen LogP contribution in [0.3, 0.4) is 0 Å². The molecule has 2 bridgehead atoms. The minimum Gasteiger partial charge on any atom is -0.353 e. The molecule has 25 heavy (non-hydrogen) atoms. The Bertz CT molecular complexity index is 904. The second-order valence-electron chi connectivity index (χ2n) is 7.07. The van der Waals surface area contributed by atoms with E-state index in [9.17, 15) is 14.4 Å². The van der Waals surface area contributed by atoms with Gasteiger partial charge in [0, 0.05) is 24.5 Å². The van der Waals surface area contributed by atoms with E-state index >= 15 is 0 Å². The van der Waals surface area contributed by atoms with Crippen LogP contribution in [0.1, 0.15) is 32.1 Å². The first kappa shape index (κ1) is 16.1. The van der Waals surface area contributed by atoms with Crippen molar-refractivity contribution in [3.05, 3.63) is 45.0 Å². The summed E-state index contributed by atoms with van der Waals surface area (Å²) in [5.41, 5.74) is -0.589. The number of nitrogens with one attached hydrogen (secondary N) is 3. The highest BCUT2D eigenvalue weighted by Gasteiger charge is 2.33. The Labute approximate surface area is 144 Å². The van der Waals surface area contributed by atoms with Crippen molar-refractivity contribution >= 4 is 16.7 Å². The molecular formula is C18H22N4O3. The minimum absolute atomic E-state index is 0.0767. The number of aryl methyl sites for hydroxylation is 1. The molecule has 7 nitrogen and oxygen atoms in total. The predicted octanol–water partition coefficient (Wildman–Crippen LogP) is 0.479. The molecule has 2 aromatic rings. The molecule has 3 heterocycles. The second-order valence-corrected chi connectivity index (χ2v) is 7.07. The third-order valence-electron chi connectivity index (χ3n) is 5.28. The fourth-order valence-electron chi connectivity index (χ4n) is 4.09. The molecule has 2 aliphatic heterocycles. The molecule has 132 valence electrons. The molecule has 4 rings (SSSR count). The van der Waals surface area contributed by atoms with E-state index in [2.05, 4.69) is 15.7 Å². The molecule has 0 spiro atoms. The highest BCUT2D eigenvalue weighted by atomic mass is 16.2. The molecule has 2 atom stereocenters. The summed E-state index contributed by atoms with van der Waals surface area (Å²) in [6.07, 6.45) is 4.48. The predicted molar refractivity (Wildman–Crippen MR) is 94.6 cm³/mol. The van der Waals surface area contributed by atoms with Gasteiger partial charge in [0.05, 0.1) is 17.3 Å². The standard InChI is InChI=1S/C18H22N4O3/c23-16(20-13-9-11-5-6-12(10-13)19-11)7-8-22-18(25)15-4-2-1-3-14(15)17(24)21-22/h1-4,11-13,19H,5-10H2,(H,20,23)(H,21,24). The van der Waals surface area contributed by atoms with Gasteiger partial charge in [0.1, 0.15) is 0 Å². The van der Waals surface area contributed by atoms with Crippen LogP contribution in [-0.4, -0.2) is 33.8 Å². The zero-order valence-corrected chi connectivity index (χ0v) is 14.0. The molecule has 0 aliphatic carbocycles. The lowest BCUT2D eigenvalue weighted by Crippen LogP contribution is -2.48. The maximum absolute atomic E-state index is 12.4. The van der Waals surface area contributed by atoms with Crippen molar-refractivity contribution in [2.75, 3.05) is 0 Å². The fourth-order valence-corrected chi connectivity index (χ4v) is 4.09. The third-order valence-corrected chi connectivity index (χ3v) is 5.28. The molecule has 1 aromatic carbocycles. The molecule has 1 aromatic heterocycles. The normalized spacial score (nSPS) is 25.2. The number of aromatic amines is 1. The number of piperidine rings is 1. The molecule has 1 amide bonds. The van der Waals surface area contributed by atoms with Crippen LogP contribution in [0.25, 0.3) is 10.8 Å². The van der Waals surface area contributed by atoms with Crippen LogP contribution in [0.5, 0.6) is 0 Å². The number of rotatable bonds is 4. The van der Waals surface area contributed by atoms with Crippen LogP contribution < -0.4 is 21.8 Å². The number of amides is 1. The molecular weight excluding hydrogens is 320 g/mol. The second kappa shape index (κ2) is 6.48. The van der Waals surface area contributed by atoms with Crippen LogP contribution >= 0.6 is 0 Å². The maximum atomic E-state index is 12.4. The first-order valence-electron chi connectivity index (χ1n) is 8.87. The molecule has 0 saturated carbocycles. The number of nitrogens with zero attached hydrogens (tertiary/aromatic N) is 1. The fraction of sp³-hybridized carbons (Fsp3) is 0.500. The van der Waals surface area contributed by atoms with Gasteiger partial charge in [-0.1, -0.05) is 12.1 Å². The summed E-state index contributed by atoms with van der Waals surface area (Å²) in [4.78, 5) is 36.7. The van der Waals surface area contributed by atoms with E-state index in [1.54, 1.807) is 24.3 Å². The Kier molecular flexibility index (Phi) is 4.17.